The quantitative estimate of drug-likeness (QED) is 0.409. The van der Waals surface area contributed by atoms with Gasteiger partial charge >= 0.3 is 163 Å². The molecule has 0 atom stereocenters. The summed E-state index contributed by atoms with van der Waals surface area (Å²) in [5, 5.41) is 0. The van der Waals surface area contributed by atoms with E-state index >= 15 is 0 Å². The van der Waals surface area contributed by atoms with Crippen LogP contribution in [0.25, 0.3) is 0 Å². The van der Waals surface area contributed by atoms with Crippen molar-refractivity contribution in [3.05, 3.63) is 0 Å². The van der Waals surface area contributed by atoms with E-state index in [9.17, 15) is 0 Å². The van der Waals surface area contributed by atoms with E-state index in [4.69, 9.17) is 0 Å². The maximum absolute atomic E-state index is 2.87. The molecule has 0 N–H and O–H groups in total. The molecule has 148 valence electrons. The van der Waals surface area contributed by atoms with Crippen molar-refractivity contribution >= 4 is 13.3 Å². The molecule has 0 radical (unpaired) electrons. The van der Waals surface area contributed by atoms with Gasteiger partial charge in [-0.15, -0.1) is 0 Å². The molecule has 0 nitrogen and oxygen atoms in total. The Bertz CT molecular complexity index is 410. The summed E-state index contributed by atoms with van der Waals surface area (Å²) in [5.74, 6) is 2.87. The van der Waals surface area contributed by atoms with Crippen molar-refractivity contribution in [3.63, 3.8) is 0 Å². The van der Waals surface area contributed by atoms with Gasteiger partial charge in [0, 0.05) is 0 Å². The Hall–Kier alpha value is 0.543. The first-order valence-corrected chi connectivity index (χ1v) is 16.7. The molecule has 0 aliphatic heterocycles. The van der Waals surface area contributed by atoms with Gasteiger partial charge < -0.3 is 0 Å². The van der Waals surface area contributed by atoms with Crippen molar-refractivity contribution in [2.24, 2.45) is 21.7 Å². The minimum absolute atomic E-state index is 0.535. The van der Waals surface area contributed by atoms with Crippen LogP contribution in [-0.2, 0) is 0 Å². The van der Waals surface area contributed by atoms with Gasteiger partial charge in [0.25, 0.3) is 0 Å². The Balaban J connectivity index is 2.41. The summed E-state index contributed by atoms with van der Waals surface area (Å²) in [6.07, 6.45) is 8.83. The van der Waals surface area contributed by atoms with Crippen molar-refractivity contribution in [3.8, 4) is 0 Å². The fourth-order valence-electron chi connectivity index (χ4n) is 7.85. The van der Waals surface area contributed by atoms with Crippen LogP contribution in [0.15, 0.2) is 0 Å². The molecule has 0 aromatic heterocycles. The van der Waals surface area contributed by atoms with Gasteiger partial charge in [-0.3, -0.25) is 0 Å². The van der Waals surface area contributed by atoms with Crippen molar-refractivity contribution in [2.75, 3.05) is 0 Å². The SMILES string of the molecule is C[CH](C)[Ge]([CH3])([CH]1CC(C)(C)CC(C)(C)C1)[CH]1CC(C)(C)CC(C)(C)C1. The molecule has 0 amide bonds. The van der Waals surface area contributed by atoms with Crippen LogP contribution in [0.1, 0.15) is 108 Å². The van der Waals surface area contributed by atoms with E-state index in [0.29, 0.717) is 21.7 Å². The van der Waals surface area contributed by atoms with E-state index in [1.807, 2.05) is 0 Å². The zero-order valence-electron chi connectivity index (χ0n) is 19.5. The van der Waals surface area contributed by atoms with E-state index in [2.05, 4.69) is 75.0 Å². The van der Waals surface area contributed by atoms with Crippen LogP contribution in [0.4, 0.5) is 0 Å². The summed E-state index contributed by atoms with van der Waals surface area (Å²) in [7, 11) is 0. The second kappa shape index (κ2) is 6.56. The normalized spacial score (nSPS) is 29.8. The summed E-state index contributed by atoms with van der Waals surface area (Å²) < 4.78 is 3.05. The van der Waals surface area contributed by atoms with Gasteiger partial charge in [-0.2, -0.15) is 0 Å². The molecule has 2 saturated carbocycles. The van der Waals surface area contributed by atoms with Gasteiger partial charge in [0.05, 0.1) is 0 Å². The molecule has 1 heteroatoms. The molecular formula is C24H48Ge. The Kier molecular flexibility index (Phi) is 5.73. The average molecular weight is 409 g/mol. The molecule has 2 fully saturated rings. The fraction of sp³-hybridized carbons (Fsp3) is 1.00. The Morgan fingerprint density at radius 1 is 0.600 bits per heavy atom. The van der Waals surface area contributed by atoms with E-state index in [-0.39, 0.29) is 0 Å². The van der Waals surface area contributed by atoms with Crippen LogP contribution in [0.5, 0.6) is 0 Å². The van der Waals surface area contributed by atoms with E-state index in [1.54, 1.807) is 0 Å². The molecule has 0 unspecified atom stereocenters. The summed E-state index contributed by atoms with van der Waals surface area (Å²) in [6.45, 7) is 25.6. The van der Waals surface area contributed by atoms with E-state index in [0.717, 1.165) is 14.3 Å². The summed E-state index contributed by atoms with van der Waals surface area (Å²) >= 11 is -2.03. The van der Waals surface area contributed by atoms with Gasteiger partial charge in [0.1, 0.15) is 0 Å². The molecule has 0 heterocycles. The predicted molar refractivity (Wildman–Crippen MR) is 117 cm³/mol. The van der Waals surface area contributed by atoms with Crippen LogP contribution in [-0.4, -0.2) is 13.3 Å². The van der Waals surface area contributed by atoms with Gasteiger partial charge in [-0.25, -0.2) is 0 Å². The Morgan fingerprint density at radius 3 is 1.04 bits per heavy atom. The van der Waals surface area contributed by atoms with Gasteiger partial charge in [-0.1, -0.05) is 0 Å². The maximum atomic E-state index is 2.87. The topological polar surface area (TPSA) is 0 Å². The van der Waals surface area contributed by atoms with Crippen LogP contribution in [0.2, 0.25) is 20.0 Å². The predicted octanol–water partition coefficient (Wildman–Crippen LogP) is 8.69. The molecule has 0 spiro atoms. The molecule has 0 aromatic rings. The van der Waals surface area contributed by atoms with Crippen molar-refractivity contribution in [2.45, 2.75) is 128 Å². The van der Waals surface area contributed by atoms with E-state index in [1.165, 1.54) is 38.5 Å². The molecule has 0 aromatic carbocycles. The second-order valence-electron chi connectivity index (χ2n) is 13.7. The van der Waals surface area contributed by atoms with Gasteiger partial charge in [0.2, 0.25) is 0 Å². The fourth-order valence-corrected chi connectivity index (χ4v) is 21.5. The summed E-state index contributed by atoms with van der Waals surface area (Å²) in [4.78, 5) is 0. The standard InChI is InChI=1S/C24H48Ge/c1-18(2)25(11,19-12-21(3,4)16-22(5,6)13-19)20-14-23(7,8)17-24(9,10)15-20/h18-20H,12-17H2,1-11H3. The molecule has 0 saturated heterocycles. The number of rotatable bonds is 3. The third kappa shape index (κ3) is 4.88. The first-order chi connectivity index (χ1) is 11.0. The summed E-state index contributed by atoms with van der Waals surface area (Å²) in [5.41, 5.74) is 2.14. The monoisotopic (exact) mass is 410 g/mol. The Morgan fingerprint density at radius 2 is 0.840 bits per heavy atom. The van der Waals surface area contributed by atoms with Crippen molar-refractivity contribution < 1.29 is 0 Å². The third-order valence-electron chi connectivity index (χ3n) is 8.11. The average Bonchev–Trinajstić information content (AvgIpc) is 2.29. The number of hydrogen-bond donors (Lipinski definition) is 0. The molecule has 2 rings (SSSR count). The second-order valence-corrected chi connectivity index (χ2v) is 25.3. The third-order valence-corrected chi connectivity index (χ3v) is 22.4. The van der Waals surface area contributed by atoms with Crippen LogP contribution >= 0.6 is 0 Å². The molecule has 25 heavy (non-hydrogen) atoms. The Labute approximate surface area is 162 Å². The van der Waals surface area contributed by atoms with Crippen molar-refractivity contribution in [1.82, 2.24) is 0 Å². The van der Waals surface area contributed by atoms with E-state index < -0.39 is 13.3 Å². The number of hydrogen-bond acceptors (Lipinski definition) is 0. The zero-order valence-corrected chi connectivity index (χ0v) is 21.6. The van der Waals surface area contributed by atoms with Crippen molar-refractivity contribution in [1.29, 1.82) is 0 Å². The van der Waals surface area contributed by atoms with Crippen LogP contribution in [0.3, 0.4) is 0 Å². The first kappa shape index (κ1) is 21.8. The first-order valence-electron chi connectivity index (χ1n) is 11.0. The van der Waals surface area contributed by atoms with Gasteiger partial charge in [0.15, 0.2) is 0 Å². The molecule has 0 bridgehead atoms. The molecule has 2 aliphatic carbocycles. The van der Waals surface area contributed by atoms with Crippen LogP contribution in [0, 0.1) is 21.7 Å². The van der Waals surface area contributed by atoms with Crippen LogP contribution < -0.4 is 0 Å². The molecule has 2 aliphatic rings. The zero-order chi connectivity index (χ0) is 19.5. The van der Waals surface area contributed by atoms with Gasteiger partial charge in [-0.05, 0) is 0 Å². The molecular weight excluding hydrogens is 361 g/mol. The summed E-state index contributed by atoms with van der Waals surface area (Å²) in [6, 6.07) is 0. The minimum atomic E-state index is -2.03.